The fourth-order valence-corrected chi connectivity index (χ4v) is 1.40. The molecular weight excluding hydrogens is 230 g/mol. The van der Waals surface area contributed by atoms with Gasteiger partial charge in [-0.25, -0.2) is 0 Å². The Labute approximate surface area is 85.3 Å². The van der Waals surface area contributed by atoms with Gasteiger partial charge in [-0.05, 0) is 6.07 Å². The summed E-state index contributed by atoms with van der Waals surface area (Å²) in [6.45, 7) is 0. The first-order valence-electron chi connectivity index (χ1n) is 3.88. The highest BCUT2D eigenvalue weighted by molar-refractivity contribution is 9.09. The van der Waals surface area contributed by atoms with Crippen LogP contribution in [0.2, 0.25) is 0 Å². The van der Waals surface area contributed by atoms with E-state index >= 15 is 0 Å². The number of carbonyl (C=O) groups is 1. The van der Waals surface area contributed by atoms with Crippen molar-refractivity contribution >= 4 is 21.7 Å². The zero-order chi connectivity index (χ0) is 9.68. The second-order valence-electron chi connectivity index (χ2n) is 2.52. The Kier molecular flexibility index (Phi) is 3.66. The second kappa shape index (κ2) is 4.78. The lowest BCUT2D eigenvalue weighted by Crippen LogP contribution is -2.01. The van der Waals surface area contributed by atoms with Gasteiger partial charge in [0.15, 0.2) is 5.78 Å². The number of rotatable bonds is 3. The first-order valence-corrected chi connectivity index (χ1v) is 5.00. The van der Waals surface area contributed by atoms with Crippen LogP contribution < -0.4 is 0 Å². The van der Waals surface area contributed by atoms with Crippen molar-refractivity contribution in [2.24, 2.45) is 0 Å². The zero-order valence-corrected chi connectivity index (χ0v) is 8.54. The Morgan fingerprint density at radius 1 is 1.46 bits per heavy atom. The monoisotopic (exact) mass is 237 g/mol. The molecule has 0 aromatic heterocycles. The Hall–Kier alpha value is -1.14. The van der Waals surface area contributed by atoms with Crippen molar-refractivity contribution in [2.45, 2.75) is 6.42 Å². The molecule has 0 atom stereocenters. The van der Waals surface area contributed by atoms with Crippen LogP contribution in [-0.2, 0) is 0 Å². The molecule has 1 rings (SSSR count). The van der Waals surface area contributed by atoms with Gasteiger partial charge in [0, 0.05) is 17.3 Å². The summed E-state index contributed by atoms with van der Waals surface area (Å²) in [5.41, 5.74) is 0.970. The van der Waals surface area contributed by atoms with Crippen molar-refractivity contribution in [3.05, 3.63) is 35.4 Å². The number of benzene rings is 1. The topological polar surface area (TPSA) is 40.9 Å². The molecule has 0 amide bonds. The predicted molar refractivity (Wildman–Crippen MR) is 53.9 cm³/mol. The van der Waals surface area contributed by atoms with Crippen molar-refractivity contribution in [1.29, 1.82) is 5.26 Å². The number of carbonyl (C=O) groups excluding carboxylic acids is 1. The molecular formula is C10H8BrNO. The van der Waals surface area contributed by atoms with Crippen LogP contribution in [0.3, 0.4) is 0 Å². The number of alkyl halides is 1. The second-order valence-corrected chi connectivity index (χ2v) is 3.31. The van der Waals surface area contributed by atoms with Crippen LogP contribution in [0.15, 0.2) is 24.3 Å². The molecule has 0 fully saturated rings. The van der Waals surface area contributed by atoms with E-state index in [1.807, 2.05) is 6.07 Å². The lowest BCUT2D eigenvalue weighted by Gasteiger charge is -1.99. The Morgan fingerprint density at radius 3 is 2.77 bits per heavy atom. The third kappa shape index (κ3) is 2.40. The van der Waals surface area contributed by atoms with Crippen LogP contribution in [0, 0.1) is 11.3 Å². The average Bonchev–Trinajstić information content (AvgIpc) is 2.18. The van der Waals surface area contributed by atoms with E-state index in [1.165, 1.54) is 0 Å². The number of Topliss-reactive ketones (excluding diaryl/α,β-unsaturated/α-hetero) is 1. The van der Waals surface area contributed by atoms with Gasteiger partial charge in [-0.2, -0.15) is 5.26 Å². The smallest absolute Gasteiger partial charge is 0.165 e. The van der Waals surface area contributed by atoms with Crippen LogP contribution in [0.25, 0.3) is 0 Å². The third-order valence-corrected chi connectivity index (χ3v) is 2.07. The summed E-state index contributed by atoms with van der Waals surface area (Å²) in [6.07, 6.45) is 0.429. The zero-order valence-electron chi connectivity index (χ0n) is 6.96. The minimum atomic E-state index is 0.00836. The molecule has 0 unspecified atom stereocenters. The molecule has 0 spiro atoms. The SMILES string of the molecule is N#Cc1ccccc1C(=O)CCBr. The molecule has 0 aliphatic carbocycles. The van der Waals surface area contributed by atoms with E-state index in [9.17, 15) is 4.79 Å². The fourth-order valence-electron chi connectivity index (χ4n) is 1.04. The van der Waals surface area contributed by atoms with Crippen molar-refractivity contribution in [3.8, 4) is 6.07 Å². The highest BCUT2D eigenvalue weighted by Crippen LogP contribution is 2.10. The molecule has 1 aromatic carbocycles. The number of halogens is 1. The first-order chi connectivity index (χ1) is 6.29. The molecule has 0 bridgehead atoms. The summed E-state index contributed by atoms with van der Waals surface area (Å²) in [7, 11) is 0. The van der Waals surface area contributed by atoms with Gasteiger partial charge in [-0.1, -0.05) is 34.1 Å². The van der Waals surface area contributed by atoms with Crippen molar-refractivity contribution in [2.75, 3.05) is 5.33 Å². The van der Waals surface area contributed by atoms with Crippen LogP contribution in [0.1, 0.15) is 22.3 Å². The maximum atomic E-state index is 11.4. The van der Waals surface area contributed by atoms with E-state index in [0.29, 0.717) is 22.9 Å². The largest absolute Gasteiger partial charge is 0.294 e. The average molecular weight is 238 g/mol. The molecule has 2 nitrogen and oxygen atoms in total. The number of hydrogen-bond acceptors (Lipinski definition) is 2. The Morgan fingerprint density at radius 2 is 2.15 bits per heavy atom. The summed E-state index contributed by atoms with van der Waals surface area (Å²) in [6, 6.07) is 8.86. The van der Waals surface area contributed by atoms with E-state index in [-0.39, 0.29) is 5.78 Å². The predicted octanol–water partition coefficient (Wildman–Crippen LogP) is 2.53. The standard InChI is InChI=1S/C10H8BrNO/c11-6-5-10(13)9-4-2-1-3-8(9)7-12/h1-4H,5-6H2. The third-order valence-electron chi connectivity index (χ3n) is 1.67. The molecule has 0 aliphatic heterocycles. The highest BCUT2D eigenvalue weighted by atomic mass is 79.9. The van der Waals surface area contributed by atoms with Crippen LogP contribution in [0.5, 0.6) is 0 Å². The van der Waals surface area contributed by atoms with Crippen molar-refractivity contribution in [1.82, 2.24) is 0 Å². The molecule has 0 saturated heterocycles. The molecule has 0 aliphatic rings. The van der Waals surface area contributed by atoms with Gasteiger partial charge in [0.05, 0.1) is 11.6 Å². The van der Waals surface area contributed by atoms with E-state index in [1.54, 1.807) is 24.3 Å². The summed E-state index contributed by atoms with van der Waals surface area (Å²) in [4.78, 5) is 11.4. The van der Waals surface area contributed by atoms with Crippen LogP contribution >= 0.6 is 15.9 Å². The summed E-state index contributed by atoms with van der Waals surface area (Å²) in [5.74, 6) is 0.00836. The first kappa shape index (κ1) is 9.94. The molecule has 0 N–H and O–H groups in total. The highest BCUT2D eigenvalue weighted by Gasteiger charge is 2.08. The fraction of sp³-hybridized carbons (Fsp3) is 0.200. The maximum absolute atomic E-state index is 11.4. The van der Waals surface area contributed by atoms with E-state index in [4.69, 9.17) is 5.26 Å². The molecule has 13 heavy (non-hydrogen) atoms. The molecule has 1 aromatic rings. The van der Waals surface area contributed by atoms with Gasteiger partial charge in [-0.3, -0.25) is 4.79 Å². The van der Waals surface area contributed by atoms with Crippen molar-refractivity contribution < 1.29 is 4.79 Å². The number of nitriles is 1. The van der Waals surface area contributed by atoms with E-state index in [2.05, 4.69) is 15.9 Å². The minimum Gasteiger partial charge on any atom is -0.294 e. The van der Waals surface area contributed by atoms with Gasteiger partial charge in [0.1, 0.15) is 0 Å². The molecule has 66 valence electrons. The number of nitrogens with zero attached hydrogens (tertiary/aromatic N) is 1. The molecule has 0 radical (unpaired) electrons. The van der Waals surface area contributed by atoms with Crippen LogP contribution in [-0.4, -0.2) is 11.1 Å². The van der Waals surface area contributed by atoms with E-state index in [0.717, 1.165) is 0 Å². The molecule has 3 heteroatoms. The Bertz CT molecular complexity index is 354. The van der Waals surface area contributed by atoms with Crippen LogP contribution in [0.4, 0.5) is 0 Å². The number of hydrogen-bond donors (Lipinski definition) is 0. The van der Waals surface area contributed by atoms with Gasteiger partial charge in [0.25, 0.3) is 0 Å². The van der Waals surface area contributed by atoms with Gasteiger partial charge >= 0.3 is 0 Å². The molecule has 0 saturated carbocycles. The maximum Gasteiger partial charge on any atom is 0.165 e. The normalized spacial score (nSPS) is 9.23. The quantitative estimate of drug-likeness (QED) is 0.599. The lowest BCUT2D eigenvalue weighted by molar-refractivity contribution is 0.0989. The van der Waals surface area contributed by atoms with Gasteiger partial charge in [0.2, 0.25) is 0 Å². The summed E-state index contributed by atoms with van der Waals surface area (Å²) < 4.78 is 0. The van der Waals surface area contributed by atoms with Gasteiger partial charge < -0.3 is 0 Å². The van der Waals surface area contributed by atoms with Gasteiger partial charge in [-0.15, -0.1) is 0 Å². The van der Waals surface area contributed by atoms with E-state index < -0.39 is 0 Å². The number of ketones is 1. The Balaban J connectivity index is 3.01. The minimum absolute atomic E-state index is 0.00836. The molecule has 0 heterocycles. The summed E-state index contributed by atoms with van der Waals surface area (Å²) in [5, 5.41) is 9.35. The van der Waals surface area contributed by atoms with Crippen molar-refractivity contribution in [3.63, 3.8) is 0 Å². The lowest BCUT2D eigenvalue weighted by atomic mass is 10.0. The summed E-state index contributed by atoms with van der Waals surface area (Å²) >= 11 is 3.19.